The van der Waals surface area contributed by atoms with Gasteiger partial charge in [0.1, 0.15) is 24.1 Å². The van der Waals surface area contributed by atoms with Gasteiger partial charge in [-0.15, -0.1) is 0 Å². The van der Waals surface area contributed by atoms with Crippen molar-refractivity contribution in [1.29, 1.82) is 0 Å². The van der Waals surface area contributed by atoms with Crippen molar-refractivity contribution < 1.29 is 22.7 Å². The highest BCUT2D eigenvalue weighted by Gasteiger charge is 2.32. The van der Waals surface area contributed by atoms with Gasteiger partial charge in [0.2, 0.25) is 11.8 Å². The monoisotopic (exact) mass is 557 g/mol. The van der Waals surface area contributed by atoms with Crippen molar-refractivity contribution in [1.82, 2.24) is 10.2 Å². The molecule has 4 aromatic carbocycles. The van der Waals surface area contributed by atoms with Gasteiger partial charge in [0.05, 0.1) is 10.6 Å². The molecule has 40 heavy (non-hydrogen) atoms. The molecule has 0 unspecified atom stereocenters. The van der Waals surface area contributed by atoms with Crippen LogP contribution in [0.3, 0.4) is 0 Å². The van der Waals surface area contributed by atoms with Crippen LogP contribution < -0.4 is 14.4 Å². The molecule has 2 amide bonds. The summed E-state index contributed by atoms with van der Waals surface area (Å²) in [5, 5.41) is 2.57. The van der Waals surface area contributed by atoms with Gasteiger partial charge in [-0.05, 0) is 61.0 Å². The molecule has 0 aliphatic carbocycles. The summed E-state index contributed by atoms with van der Waals surface area (Å²) in [6.45, 7) is 1.24. The smallest absolute Gasteiger partial charge is 0.264 e. The quantitative estimate of drug-likeness (QED) is 0.285. The van der Waals surface area contributed by atoms with Crippen molar-refractivity contribution >= 4 is 27.5 Å². The second-order valence-corrected chi connectivity index (χ2v) is 10.9. The molecule has 8 nitrogen and oxygen atoms in total. The first-order chi connectivity index (χ1) is 19.3. The largest absolute Gasteiger partial charge is 0.457 e. The van der Waals surface area contributed by atoms with E-state index < -0.39 is 28.5 Å². The fourth-order valence-electron chi connectivity index (χ4n) is 4.13. The van der Waals surface area contributed by atoms with Crippen molar-refractivity contribution in [2.45, 2.75) is 24.4 Å². The molecule has 0 heterocycles. The third kappa shape index (κ3) is 6.86. The summed E-state index contributed by atoms with van der Waals surface area (Å²) in [6.07, 6.45) is 0. The lowest BCUT2D eigenvalue weighted by Crippen LogP contribution is -2.50. The number of benzene rings is 4. The third-order valence-electron chi connectivity index (χ3n) is 6.32. The molecule has 0 fully saturated rings. The highest BCUT2D eigenvalue weighted by Crippen LogP contribution is 2.28. The number of sulfonamides is 1. The lowest BCUT2D eigenvalue weighted by atomic mass is 10.1. The van der Waals surface area contributed by atoms with Crippen LogP contribution in [0.15, 0.2) is 120 Å². The highest BCUT2D eigenvalue weighted by molar-refractivity contribution is 7.92. The highest BCUT2D eigenvalue weighted by atomic mass is 32.2. The second-order valence-electron chi connectivity index (χ2n) is 9.03. The van der Waals surface area contributed by atoms with Crippen LogP contribution in [-0.2, 0) is 26.2 Å². The first kappa shape index (κ1) is 28.4. The van der Waals surface area contributed by atoms with Gasteiger partial charge in [0.15, 0.2) is 0 Å². The van der Waals surface area contributed by atoms with Gasteiger partial charge in [-0.2, -0.15) is 0 Å². The van der Waals surface area contributed by atoms with Crippen molar-refractivity contribution in [2.24, 2.45) is 0 Å². The lowest BCUT2D eigenvalue weighted by molar-refractivity contribution is -0.139. The Hall–Kier alpha value is -4.63. The summed E-state index contributed by atoms with van der Waals surface area (Å²) in [5.74, 6) is 0.268. The maximum Gasteiger partial charge on any atom is 0.264 e. The molecule has 0 saturated heterocycles. The Morgan fingerprint density at radius 2 is 1.30 bits per heavy atom. The standard InChI is InChI=1S/C31H31N3O5S/c1-24(31(36)32-2)33(22-25-12-6-3-7-13-25)30(35)23-34(40(37,38)29-16-10-5-11-17-29)26-18-20-28(21-19-26)39-27-14-8-4-9-15-27/h3-21,24H,22-23H2,1-2H3,(H,32,36)/t24-/m0/s1. The zero-order valence-electron chi connectivity index (χ0n) is 22.3. The van der Waals surface area contributed by atoms with Gasteiger partial charge in [-0.25, -0.2) is 8.42 Å². The van der Waals surface area contributed by atoms with Crippen LogP contribution in [0.1, 0.15) is 12.5 Å². The van der Waals surface area contributed by atoms with Crippen molar-refractivity contribution in [2.75, 3.05) is 17.9 Å². The number of hydrogen-bond donors (Lipinski definition) is 1. The molecular formula is C31H31N3O5S. The maximum atomic E-state index is 13.8. The number of rotatable bonds is 11. The molecular weight excluding hydrogens is 526 g/mol. The first-order valence-corrected chi connectivity index (χ1v) is 14.2. The van der Waals surface area contributed by atoms with Gasteiger partial charge in [0, 0.05) is 13.6 Å². The number of likely N-dealkylation sites (N-methyl/N-ethyl adjacent to an activating group) is 1. The molecule has 0 saturated carbocycles. The minimum Gasteiger partial charge on any atom is -0.457 e. The van der Waals surface area contributed by atoms with Crippen LogP contribution >= 0.6 is 0 Å². The molecule has 1 atom stereocenters. The minimum absolute atomic E-state index is 0.0429. The van der Waals surface area contributed by atoms with Gasteiger partial charge in [-0.3, -0.25) is 13.9 Å². The van der Waals surface area contributed by atoms with Crippen molar-refractivity contribution in [3.63, 3.8) is 0 Å². The normalized spacial score (nSPS) is 11.8. The van der Waals surface area contributed by atoms with Gasteiger partial charge >= 0.3 is 0 Å². The van der Waals surface area contributed by atoms with E-state index in [0.29, 0.717) is 11.5 Å². The van der Waals surface area contributed by atoms with E-state index in [0.717, 1.165) is 9.87 Å². The number of ether oxygens (including phenoxy) is 1. The van der Waals surface area contributed by atoms with E-state index in [1.807, 2.05) is 60.7 Å². The Morgan fingerprint density at radius 3 is 1.88 bits per heavy atom. The fourth-order valence-corrected chi connectivity index (χ4v) is 5.56. The molecule has 0 aromatic heterocycles. The third-order valence-corrected chi connectivity index (χ3v) is 8.11. The summed E-state index contributed by atoms with van der Waals surface area (Å²) in [5.41, 5.74) is 1.09. The number of hydrogen-bond acceptors (Lipinski definition) is 5. The number of carbonyl (C=O) groups is 2. The molecule has 9 heteroatoms. The minimum atomic E-state index is -4.13. The van der Waals surface area contributed by atoms with Crippen LogP contribution in [0.25, 0.3) is 0 Å². The number of anilines is 1. The molecule has 0 radical (unpaired) electrons. The zero-order valence-corrected chi connectivity index (χ0v) is 23.1. The van der Waals surface area contributed by atoms with E-state index in [-0.39, 0.29) is 23.0 Å². The van der Waals surface area contributed by atoms with Crippen LogP contribution in [-0.4, -0.2) is 44.8 Å². The molecule has 4 rings (SSSR count). The van der Waals surface area contributed by atoms with E-state index in [1.54, 1.807) is 49.4 Å². The molecule has 206 valence electrons. The number of amides is 2. The molecule has 0 aliphatic rings. The van der Waals surface area contributed by atoms with Gasteiger partial charge in [-0.1, -0.05) is 66.7 Å². The average Bonchev–Trinajstić information content (AvgIpc) is 2.99. The predicted molar refractivity (Wildman–Crippen MR) is 154 cm³/mol. The van der Waals surface area contributed by atoms with Crippen molar-refractivity contribution in [3.8, 4) is 11.5 Å². The van der Waals surface area contributed by atoms with Crippen LogP contribution in [0.4, 0.5) is 5.69 Å². The van der Waals surface area contributed by atoms with E-state index in [4.69, 9.17) is 4.74 Å². The topological polar surface area (TPSA) is 96.0 Å². The molecule has 0 aliphatic heterocycles. The molecule has 1 N–H and O–H groups in total. The Kier molecular flexibility index (Phi) is 9.19. The van der Waals surface area contributed by atoms with E-state index in [1.165, 1.54) is 24.1 Å². The van der Waals surface area contributed by atoms with E-state index in [9.17, 15) is 18.0 Å². The molecule has 0 spiro atoms. The Labute approximate surface area is 234 Å². The van der Waals surface area contributed by atoms with Gasteiger partial charge in [0.25, 0.3) is 10.0 Å². The summed E-state index contributed by atoms with van der Waals surface area (Å²) in [7, 11) is -2.64. The summed E-state index contributed by atoms with van der Waals surface area (Å²) >= 11 is 0. The maximum absolute atomic E-state index is 13.8. The lowest BCUT2D eigenvalue weighted by Gasteiger charge is -2.31. The predicted octanol–water partition coefficient (Wildman–Crippen LogP) is 4.84. The summed E-state index contributed by atoms with van der Waals surface area (Å²) in [6, 6.07) is 32.0. The summed E-state index contributed by atoms with van der Waals surface area (Å²) in [4.78, 5) is 27.8. The number of carbonyl (C=O) groups excluding carboxylic acids is 2. The van der Waals surface area contributed by atoms with Crippen LogP contribution in [0.2, 0.25) is 0 Å². The molecule has 0 bridgehead atoms. The zero-order chi connectivity index (χ0) is 28.5. The number of para-hydroxylation sites is 1. The number of nitrogens with one attached hydrogen (secondary N) is 1. The van der Waals surface area contributed by atoms with E-state index in [2.05, 4.69) is 5.32 Å². The Bertz CT molecular complexity index is 1510. The Balaban J connectivity index is 1.68. The molecule has 4 aromatic rings. The first-order valence-electron chi connectivity index (χ1n) is 12.8. The van der Waals surface area contributed by atoms with Gasteiger partial charge < -0.3 is 15.0 Å². The van der Waals surface area contributed by atoms with Crippen molar-refractivity contribution in [3.05, 3.63) is 121 Å². The van der Waals surface area contributed by atoms with E-state index >= 15 is 0 Å². The SMILES string of the molecule is CNC(=O)[C@H](C)N(Cc1ccccc1)C(=O)CN(c1ccc(Oc2ccccc2)cc1)S(=O)(=O)c1ccccc1. The average molecular weight is 558 g/mol. The Morgan fingerprint density at radius 1 is 0.775 bits per heavy atom. The van der Waals surface area contributed by atoms with Crippen LogP contribution in [0.5, 0.6) is 11.5 Å². The van der Waals surface area contributed by atoms with Crippen LogP contribution in [0, 0.1) is 0 Å². The summed E-state index contributed by atoms with van der Waals surface area (Å²) < 4.78 is 34.6. The second kappa shape index (κ2) is 12.9. The number of nitrogens with zero attached hydrogens (tertiary/aromatic N) is 2. The fraction of sp³-hybridized carbons (Fsp3) is 0.161.